The van der Waals surface area contributed by atoms with Crippen molar-refractivity contribution in [2.75, 3.05) is 415 Å². The van der Waals surface area contributed by atoms with Gasteiger partial charge in [-0.2, -0.15) is 9.59 Å². The van der Waals surface area contributed by atoms with Gasteiger partial charge in [0.15, 0.2) is 5.75 Å². The predicted octanol–water partition coefficient (Wildman–Crippen LogP) is 2.08. The van der Waals surface area contributed by atoms with E-state index in [4.69, 9.17) is 162 Å². The molecule has 0 heterocycles. The van der Waals surface area contributed by atoms with E-state index in [1.54, 1.807) is 39.0 Å². The van der Waals surface area contributed by atoms with Gasteiger partial charge < -0.3 is 179 Å². The molecule has 0 aliphatic carbocycles. The van der Waals surface area contributed by atoms with Crippen LogP contribution in [0.5, 0.6) is 5.75 Å². The molecule has 45 heteroatoms. The molecular weight excluding hydrogens is 1830 g/mol. The number of carbonyl (C=O) groups excluding carboxylic acids is 8. The molecule has 0 fully saturated rings. The lowest BCUT2D eigenvalue weighted by Crippen LogP contribution is -2.42. The zero-order valence-electron chi connectivity index (χ0n) is 83.4. The van der Waals surface area contributed by atoms with Gasteiger partial charge in [-0.05, 0) is 62.6 Å². The number of carbonyl (C=O) groups is 6. The smallest absolute Gasteiger partial charge is 0.407 e. The molecule has 0 aliphatic heterocycles. The van der Waals surface area contributed by atoms with E-state index in [1.165, 1.54) is 6.92 Å². The number of alkyl carbamates (subject to hydrolysis) is 1. The molecule has 0 aromatic heterocycles. The summed E-state index contributed by atoms with van der Waals surface area (Å²) in [5.41, 5.74) is 0.446. The standard InChI is InChI=1S/C92H167N5O38.CO2/c1-80(91(3,4)5)77-83(96-90(104)135-92(6,7)8)78-82-9-10-85(134-81(2)99)84(79-82)97-89(103)14-20-106-26-32-112-34-28-108-22-16-94-87(101)12-11-86(100)93-15-21-107-27-33-111-31-25-105-19-13-88(102)95-17-23-109-29-35-113-37-39-115-41-43-117-45-47-119-49-51-121-53-55-123-57-59-125-61-63-127-65-67-129-69-71-131-73-75-133-76-74-132-72-70-130-68-66-128-64-62-126-60-58-124-56-54-122-52-50-120-48-46-118-44-42-116-40-38-114-36-30-110-24-18-98;2-1-3/h9-10,79-80,83,98H,13-78H2,1-8H3,(H,93,100)(H,94,101)(H,95,102)(H,96,104)(H,97,103);/t80?,83-;/m1./s1. The van der Waals surface area contributed by atoms with Crippen LogP contribution in [0.4, 0.5) is 10.5 Å². The first-order valence-corrected chi connectivity index (χ1v) is 47.5. The second-order valence-electron chi connectivity index (χ2n) is 31.2. The fourth-order valence-corrected chi connectivity index (χ4v) is 10.4. The van der Waals surface area contributed by atoms with E-state index in [-0.39, 0.29) is 133 Å². The first-order chi connectivity index (χ1) is 67.2. The van der Waals surface area contributed by atoms with Crippen molar-refractivity contribution in [1.82, 2.24) is 21.3 Å². The van der Waals surface area contributed by atoms with E-state index in [0.29, 0.717) is 349 Å². The van der Waals surface area contributed by atoms with E-state index >= 15 is 0 Å². The molecule has 138 heavy (non-hydrogen) atoms. The van der Waals surface area contributed by atoms with Crippen LogP contribution in [0.1, 0.15) is 80.2 Å². The van der Waals surface area contributed by atoms with Crippen molar-refractivity contribution >= 4 is 47.5 Å². The van der Waals surface area contributed by atoms with Gasteiger partial charge in [0, 0.05) is 50.9 Å². The van der Waals surface area contributed by atoms with Crippen LogP contribution in [0, 0.1) is 23.2 Å². The third-order valence-electron chi connectivity index (χ3n) is 17.7. The number of hydrogen-bond acceptors (Lipinski definition) is 40. The van der Waals surface area contributed by atoms with Crippen molar-refractivity contribution in [2.45, 2.75) is 92.7 Å². The maximum Gasteiger partial charge on any atom is 0.407 e. The molecule has 5 amide bonds. The lowest BCUT2D eigenvalue weighted by molar-refractivity contribution is -0.192. The molecular formula is C93H167N5O40. The van der Waals surface area contributed by atoms with Gasteiger partial charge in [-0.3, -0.25) is 24.0 Å². The molecule has 6 N–H and O–H groups in total. The van der Waals surface area contributed by atoms with Crippen LogP contribution in [-0.2, 0) is 182 Å². The molecule has 2 atom stereocenters. The highest BCUT2D eigenvalue weighted by Gasteiger charge is 2.27. The molecule has 1 rings (SSSR count). The van der Waals surface area contributed by atoms with Crippen molar-refractivity contribution in [3.63, 3.8) is 0 Å². The normalized spacial score (nSPS) is 11.9. The number of nitrogens with one attached hydrogen (secondary N) is 5. The molecule has 1 aromatic rings. The Hall–Kier alpha value is -6.42. The molecule has 804 valence electrons. The Morgan fingerprint density at radius 1 is 0.326 bits per heavy atom. The van der Waals surface area contributed by atoms with Gasteiger partial charge in [0.1, 0.15) is 5.60 Å². The van der Waals surface area contributed by atoms with Crippen LogP contribution >= 0.6 is 0 Å². The number of esters is 1. The SMILES string of the molecule is CC(=O)Oc1ccc(C[C@@H](CC(C)C(C)(C)C)NC(=O)OC(C)(C)C)cc1NC(=O)CCOCCOCCOCCNC(=O)C#CC(=O)NCCOCCOCCOCCC(=O)NCCOCCOCCOCCOCCOCCOCCOCCOCCOCCOCCOCCOCCOCCOCCOCCOCCOCCOCCOCCOCCOCCOCCOCCO.O=C=O. The van der Waals surface area contributed by atoms with Gasteiger partial charge in [0.2, 0.25) is 11.8 Å². The number of anilines is 1. The summed E-state index contributed by atoms with van der Waals surface area (Å²) >= 11 is 0. The van der Waals surface area contributed by atoms with Gasteiger partial charge in [-0.1, -0.05) is 33.8 Å². The Morgan fingerprint density at radius 3 is 0.797 bits per heavy atom. The second kappa shape index (κ2) is 102. The van der Waals surface area contributed by atoms with Crippen molar-refractivity contribution in [1.29, 1.82) is 0 Å². The molecule has 0 spiro atoms. The minimum absolute atomic E-state index is 0.00831. The maximum absolute atomic E-state index is 13.0. The average Bonchev–Trinajstić information content (AvgIpc) is 0.837. The summed E-state index contributed by atoms with van der Waals surface area (Å²) in [6.45, 7) is 39.9. The third-order valence-corrected chi connectivity index (χ3v) is 17.7. The Kier molecular flexibility index (Phi) is 97.3. The van der Waals surface area contributed by atoms with E-state index in [9.17, 15) is 28.8 Å². The molecule has 0 radical (unpaired) electrons. The summed E-state index contributed by atoms with van der Waals surface area (Å²) in [4.78, 5) is 90.2. The molecule has 0 saturated carbocycles. The first-order valence-electron chi connectivity index (χ1n) is 47.5. The minimum atomic E-state index is -0.668. The monoisotopic (exact) mass is 1990 g/mol. The highest BCUT2D eigenvalue weighted by molar-refractivity contribution is 6.02. The van der Waals surface area contributed by atoms with Crippen molar-refractivity contribution in [2.24, 2.45) is 11.3 Å². The van der Waals surface area contributed by atoms with Gasteiger partial charge >= 0.3 is 18.2 Å². The molecule has 1 aromatic carbocycles. The molecule has 0 saturated heterocycles. The lowest BCUT2D eigenvalue weighted by atomic mass is 9.78. The van der Waals surface area contributed by atoms with Crippen LogP contribution in [-0.4, -0.2) is 468 Å². The second-order valence-corrected chi connectivity index (χ2v) is 31.2. The quantitative estimate of drug-likeness (QED) is 0.0235. The molecule has 1 unspecified atom stereocenters. The Bertz CT molecular complexity index is 3040. The highest BCUT2D eigenvalue weighted by atomic mass is 16.6. The fraction of sp³-hybridized carbons (Fsp3) is 0.839. The van der Waals surface area contributed by atoms with E-state index < -0.39 is 29.5 Å². The Morgan fingerprint density at radius 2 is 0.558 bits per heavy atom. The van der Waals surface area contributed by atoms with Crippen molar-refractivity contribution < 1.29 is 190 Å². The predicted molar refractivity (Wildman–Crippen MR) is 498 cm³/mol. The van der Waals surface area contributed by atoms with E-state index in [1.807, 2.05) is 0 Å². The van der Waals surface area contributed by atoms with Gasteiger partial charge in [0.25, 0.3) is 11.8 Å². The van der Waals surface area contributed by atoms with Crippen LogP contribution in [0.15, 0.2) is 18.2 Å². The molecule has 0 bridgehead atoms. The van der Waals surface area contributed by atoms with Crippen molar-refractivity contribution in [3.05, 3.63) is 23.8 Å². The van der Waals surface area contributed by atoms with Gasteiger partial charge in [0.05, 0.1) is 402 Å². The molecule has 0 aliphatic rings. The van der Waals surface area contributed by atoms with Crippen LogP contribution in [0.3, 0.4) is 0 Å². The lowest BCUT2D eigenvalue weighted by Gasteiger charge is -2.32. The van der Waals surface area contributed by atoms with Crippen LogP contribution in [0.2, 0.25) is 0 Å². The largest absolute Gasteiger partial charge is 0.444 e. The third kappa shape index (κ3) is 101. The number of amides is 5. The van der Waals surface area contributed by atoms with Gasteiger partial charge in [-0.15, -0.1) is 0 Å². The topological polar surface area (TPSA) is 503 Å². The number of hydrogen-bond donors (Lipinski definition) is 6. The minimum Gasteiger partial charge on any atom is -0.444 e. The summed E-state index contributed by atoms with van der Waals surface area (Å²) in [5.74, 6) is 2.57. The van der Waals surface area contributed by atoms with Crippen LogP contribution in [0.25, 0.3) is 0 Å². The molecule has 45 nitrogen and oxygen atoms in total. The number of benzene rings is 1. The fourth-order valence-electron chi connectivity index (χ4n) is 10.4. The first kappa shape index (κ1) is 132. The summed E-state index contributed by atoms with van der Waals surface area (Å²) < 4.78 is 170. The summed E-state index contributed by atoms with van der Waals surface area (Å²) in [5, 5.41) is 22.4. The average molecular weight is 2000 g/mol. The Balaban J connectivity index is 0.0000617. The Labute approximate surface area is 816 Å². The zero-order chi connectivity index (χ0) is 101. The summed E-state index contributed by atoms with van der Waals surface area (Å²) in [6.07, 6.45) is 1.06. The van der Waals surface area contributed by atoms with Crippen molar-refractivity contribution in [3.8, 4) is 17.6 Å². The summed E-state index contributed by atoms with van der Waals surface area (Å²) in [7, 11) is 0. The van der Waals surface area contributed by atoms with E-state index in [2.05, 4.69) is 66.1 Å². The van der Waals surface area contributed by atoms with E-state index in [0.717, 1.165) is 5.56 Å². The summed E-state index contributed by atoms with van der Waals surface area (Å²) in [6, 6.07) is 4.87. The number of rotatable bonds is 102. The number of aliphatic hydroxyl groups is 1. The zero-order valence-corrected chi connectivity index (χ0v) is 83.4. The number of aliphatic hydroxyl groups excluding tert-OH is 1. The highest BCUT2D eigenvalue weighted by Crippen LogP contribution is 2.32. The van der Waals surface area contributed by atoms with Gasteiger partial charge in [-0.25, -0.2) is 4.79 Å². The number of ether oxygens (including phenoxy) is 31. The maximum atomic E-state index is 13.0. The van der Waals surface area contributed by atoms with Crippen LogP contribution < -0.4 is 31.3 Å².